The number of rotatable bonds is 12. The Morgan fingerprint density at radius 1 is 0.980 bits per heavy atom. The highest BCUT2D eigenvalue weighted by Crippen LogP contribution is 2.51. The highest BCUT2D eigenvalue weighted by molar-refractivity contribution is 5.77. The maximum atomic E-state index is 13.2. The van der Waals surface area contributed by atoms with Crippen molar-refractivity contribution in [2.45, 2.75) is 108 Å². The molecule has 51 heavy (non-hydrogen) atoms. The van der Waals surface area contributed by atoms with Gasteiger partial charge in [-0.3, -0.25) is 4.79 Å². The van der Waals surface area contributed by atoms with E-state index in [4.69, 9.17) is 28.1 Å². The molecule has 0 spiro atoms. The van der Waals surface area contributed by atoms with Gasteiger partial charge in [-0.05, 0) is 63.1 Å². The smallest absolute Gasteiger partial charge is 0.336 e. The van der Waals surface area contributed by atoms with E-state index in [1.807, 2.05) is 26.0 Å². The standard InChI is InChI=1S/C36H50O15/c1-18(2)22-9-5-19(3)35(4,17-47-21-8-6-20-7-11-28(40)48-24(20)13-21)23(22)10-12-27(39)46-15-26-29(41)31(43)32(44)34(49-26)51-36(16-38)33(45)30(42)25(14-37)50-36/h6-8,11,13,19,23,25-26,29-34,37-38,41-45H,5,9-10,12,14-17H2,1-4H3. The van der Waals surface area contributed by atoms with E-state index in [9.17, 15) is 45.3 Å². The third-order valence-electron chi connectivity index (χ3n) is 10.9. The minimum absolute atomic E-state index is 0.00685. The Kier molecular flexibility index (Phi) is 12.3. The third kappa shape index (κ3) is 8.03. The van der Waals surface area contributed by atoms with E-state index in [-0.39, 0.29) is 23.7 Å². The lowest BCUT2D eigenvalue weighted by Gasteiger charge is -2.48. The summed E-state index contributed by atoms with van der Waals surface area (Å²) in [4.78, 5) is 24.9. The molecular weight excluding hydrogens is 672 g/mol. The summed E-state index contributed by atoms with van der Waals surface area (Å²) in [7, 11) is 0. The first kappa shape index (κ1) is 39.3. The Balaban J connectivity index is 1.23. The number of aliphatic hydroxyl groups is 7. The minimum Gasteiger partial charge on any atom is -0.493 e. The number of carbonyl (C=O) groups excluding carboxylic acids is 1. The van der Waals surface area contributed by atoms with Crippen LogP contribution in [0, 0.1) is 17.3 Å². The van der Waals surface area contributed by atoms with Gasteiger partial charge in [0.05, 0.1) is 13.2 Å². The van der Waals surface area contributed by atoms with Gasteiger partial charge in [-0.2, -0.15) is 0 Å². The first-order valence-corrected chi connectivity index (χ1v) is 17.3. The molecule has 3 fully saturated rings. The van der Waals surface area contributed by atoms with Gasteiger partial charge >= 0.3 is 11.6 Å². The van der Waals surface area contributed by atoms with E-state index < -0.39 is 86.2 Å². The van der Waals surface area contributed by atoms with Crippen molar-refractivity contribution in [2.75, 3.05) is 26.4 Å². The monoisotopic (exact) mass is 722 g/mol. The molecule has 5 rings (SSSR count). The molecule has 0 radical (unpaired) electrons. The number of esters is 1. The Bertz CT molecular complexity index is 1600. The number of aliphatic hydroxyl groups excluding tert-OH is 7. The van der Waals surface area contributed by atoms with E-state index >= 15 is 0 Å². The Morgan fingerprint density at radius 2 is 1.71 bits per heavy atom. The summed E-state index contributed by atoms with van der Waals surface area (Å²) in [5, 5.41) is 72.6. The van der Waals surface area contributed by atoms with Gasteiger partial charge in [-0.15, -0.1) is 0 Å². The molecule has 3 aliphatic rings. The van der Waals surface area contributed by atoms with Crippen LogP contribution in [0.4, 0.5) is 0 Å². The number of hydrogen-bond donors (Lipinski definition) is 7. The van der Waals surface area contributed by atoms with Gasteiger partial charge in [0.25, 0.3) is 0 Å². The van der Waals surface area contributed by atoms with E-state index in [1.54, 1.807) is 12.1 Å². The fraction of sp³-hybridized carbons (Fsp3) is 0.667. The second-order valence-electron chi connectivity index (χ2n) is 14.4. The summed E-state index contributed by atoms with van der Waals surface area (Å²) in [6.45, 7) is 6.46. The molecule has 3 heterocycles. The van der Waals surface area contributed by atoms with Crippen molar-refractivity contribution < 1.29 is 68.6 Å². The number of hydrogen-bond acceptors (Lipinski definition) is 15. The van der Waals surface area contributed by atoms with E-state index in [1.165, 1.54) is 11.6 Å². The second-order valence-corrected chi connectivity index (χ2v) is 14.4. The molecule has 2 aliphatic heterocycles. The molecule has 1 aromatic carbocycles. The summed E-state index contributed by atoms with van der Waals surface area (Å²) in [6.07, 6.45) is -11.2. The largest absolute Gasteiger partial charge is 0.493 e. The first-order valence-electron chi connectivity index (χ1n) is 17.3. The van der Waals surface area contributed by atoms with Crippen molar-refractivity contribution in [1.29, 1.82) is 0 Å². The molecule has 7 N–H and O–H groups in total. The van der Waals surface area contributed by atoms with E-state index in [0.717, 1.165) is 23.8 Å². The van der Waals surface area contributed by atoms with E-state index in [0.29, 0.717) is 24.4 Å². The Hall–Kier alpha value is -2.96. The van der Waals surface area contributed by atoms with Crippen LogP contribution >= 0.6 is 0 Å². The van der Waals surface area contributed by atoms with Crippen molar-refractivity contribution in [3.63, 3.8) is 0 Å². The molecule has 12 atom stereocenters. The summed E-state index contributed by atoms with van der Waals surface area (Å²) >= 11 is 0. The van der Waals surface area contributed by atoms with Gasteiger partial charge < -0.3 is 63.8 Å². The van der Waals surface area contributed by atoms with Crippen LogP contribution in [0.1, 0.15) is 53.4 Å². The fourth-order valence-corrected chi connectivity index (χ4v) is 7.46. The molecule has 2 saturated heterocycles. The van der Waals surface area contributed by atoms with Crippen molar-refractivity contribution in [3.8, 4) is 5.75 Å². The number of ether oxygens (including phenoxy) is 5. The predicted octanol–water partition coefficient (Wildman–Crippen LogP) is 0.510. The lowest BCUT2D eigenvalue weighted by Crippen LogP contribution is -2.62. The number of carbonyl (C=O) groups is 1. The van der Waals surface area contributed by atoms with Crippen molar-refractivity contribution in [3.05, 3.63) is 51.9 Å². The molecule has 1 aliphatic carbocycles. The minimum atomic E-state index is -2.33. The fourth-order valence-electron chi connectivity index (χ4n) is 7.46. The molecule has 15 nitrogen and oxygen atoms in total. The molecule has 0 bridgehead atoms. The highest BCUT2D eigenvalue weighted by Gasteiger charge is 2.58. The molecule has 284 valence electrons. The zero-order chi connectivity index (χ0) is 37.2. The molecule has 1 saturated carbocycles. The number of fused-ring (bicyclic) bond motifs is 1. The maximum absolute atomic E-state index is 13.2. The second kappa shape index (κ2) is 16.0. The third-order valence-corrected chi connectivity index (χ3v) is 10.9. The number of benzene rings is 1. The Labute approximate surface area is 295 Å². The lowest BCUT2D eigenvalue weighted by molar-refractivity contribution is -0.383. The van der Waals surface area contributed by atoms with Crippen LogP contribution in [0.25, 0.3) is 11.0 Å². The SMILES string of the molecule is CC(C)=C1CCC(C)C(C)(COc2ccc3ccc(=O)oc3c2)C1CCC(=O)OCC1OC(OC2(CO)OC(CO)C(O)C2O)C(O)C(O)C1O. The van der Waals surface area contributed by atoms with Crippen LogP contribution < -0.4 is 10.4 Å². The molecule has 15 heteroatoms. The van der Waals surface area contributed by atoms with Crippen LogP contribution in [0.3, 0.4) is 0 Å². The van der Waals surface area contributed by atoms with Gasteiger partial charge in [0.2, 0.25) is 5.79 Å². The van der Waals surface area contributed by atoms with Crippen LogP contribution in [-0.4, -0.2) is 123 Å². The van der Waals surface area contributed by atoms with Crippen molar-refractivity contribution in [2.24, 2.45) is 17.3 Å². The topological polar surface area (TPSA) is 235 Å². The zero-order valence-electron chi connectivity index (χ0n) is 29.2. The number of allylic oxidation sites excluding steroid dienone is 2. The summed E-state index contributed by atoms with van der Waals surface area (Å²) in [6, 6.07) is 8.39. The summed E-state index contributed by atoms with van der Waals surface area (Å²) in [5.74, 6) is -2.19. The average Bonchev–Trinajstić information content (AvgIpc) is 3.35. The molecule has 1 aromatic heterocycles. The van der Waals surface area contributed by atoms with Gasteiger partial charge in [0, 0.05) is 29.4 Å². The predicted molar refractivity (Wildman–Crippen MR) is 178 cm³/mol. The van der Waals surface area contributed by atoms with Gasteiger partial charge in [0.1, 0.15) is 67.3 Å². The van der Waals surface area contributed by atoms with Crippen molar-refractivity contribution in [1.82, 2.24) is 0 Å². The zero-order valence-corrected chi connectivity index (χ0v) is 29.2. The van der Waals surface area contributed by atoms with Crippen molar-refractivity contribution >= 4 is 16.9 Å². The molecule has 12 unspecified atom stereocenters. The summed E-state index contributed by atoms with van der Waals surface area (Å²) in [5.41, 5.74) is 1.98. The summed E-state index contributed by atoms with van der Waals surface area (Å²) < 4.78 is 33.6. The molecule has 2 aromatic rings. The normalized spacial score (nSPS) is 37.0. The highest BCUT2D eigenvalue weighted by atomic mass is 16.8. The van der Waals surface area contributed by atoms with Crippen LogP contribution in [0.2, 0.25) is 0 Å². The van der Waals surface area contributed by atoms with Gasteiger partial charge in [-0.25, -0.2) is 4.79 Å². The van der Waals surface area contributed by atoms with Gasteiger partial charge in [-0.1, -0.05) is 25.0 Å². The lowest BCUT2D eigenvalue weighted by atomic mass is 9.58. The maximum Gasteiger partial charge on any atom is 0.336 e. The molecule has 0 amide bonds. The quantitative estimate of drug-likeness (QED) is 0.0898. The van der Waals surface area contributed by atoms with Gasteiger partial charge in [0.15, 0.2) is 6.29 Å². The first-order chi connectivity index (χ1) is 24.1. The average molecular weight is 723 g/mol. The van der Waals surface area contributed by atoms with Crippen LogP contribution in [-0.2, 0) is 23.7 Å². The Morgan fingerprint density at radius 3 is 2.37 bits per heavy atom. The van der Waals surface area contributed by atoms with E-state index in [2.05, 4.69) is 13.8 Å². The van der Waals surface area contributed by atoms with Crippen LogP contribution in [0.5, 0.6) is 5.75 Å². The molecular formula is C36H50O15. The van der Waals surface area contributed by atoms with Crippen LogP contribution in [0.15, 0.2) is 50.7 Å².